The largest absolute Gasteiger partial charge is 0.422 e. The molecule has 2 aromatic rings. The van der Waals surface area contributed by atoms with Gasteiger partial charge in [-0.1, -0.05) is 5.16 Å². The topological polar surface area (TPSA) is 63.3 Å². The number of anilines is 1. The van der Waals surface area contributed by atoms with E-state index in [0.717, 1.165) is 0 Å². The number of aryl methyl sites for hydroxylation is 1. The van der Waals surface area contributed by atoms with Crippen molar-refractivity contribution < 1.29 is 35.4 Å². The van der Waals surface area contributed by atoms with Gasteiger partial charge in [0.25, 0.3) is 0 Å². The van der Waals surface area contributed by atoms with Crippen molar-refractivity contribution >= 4 is 11.4 Å². The van der Waals surface area contributed by atoms with Crippen molar-refractivity contribution in [2.45, 2.75) is 20.0 Å². The molecule has 0 aliphatic heterocycles. The molecule has 2 rings (SSSR count). The molecule has 0 fully saturated rings. The van der Waals surface area contributed by atoms with Crippen LogP contribution in [0.2, 0.25) is 0 Å². The molecule has 130 valence electrons. The summed E-state index contributed by atoms with van der Waals surface area (Å²) < 4.78 is 95.9. The van der Waals surface area contributed by atoms with Gasteiger partial charge in [-0.2, -0.15) is 18.3 Å². The van der Waals surface area contributed by atoms with E-state index in [1.807, 2.05) is 0 Å². The normalized spacial score (nSPS) is 12.6. The molecule has 24 heavy (non-hydrogen) atoms. The van der Waals surface area contributed by atoms with Gasteiger partial charge >= 0.3 is 6.18 Å². The SMILES string of the molecule is C/C(=N/Nc1c(F)c(F)c(C(F)(F)F)c(F)c1F)c1nonc1C. The smallest absolute Gasteiger partial charge is 0.272 e. The Hall–Kier alpha value is -2.66. The van der Waals surface area contributed by atoms with Gasteiger partial charge in [-0.15, -0.1) is 0 Å². The van der Waals surface area contributed by atoms with E-state index in [0.29, 0.717) is 0 Å². The molecule has 1 aromatic heterocycles. The highest BCUT2D eigenvalue weighted by Gasteiger charge is 2.42. The maximum atomic E-state index is 13.6. The molecule has 0 aliphatic carbocycles. The summed E-state index contributed by atoms with van der Waals surface area (Å²) in [7, 11) is 0. The maximum Gasteiger partial charge on any atom is 0.422 e. The van der Waals surface area contributed by atoms with Crippen molar-refractivity contribution in [3.8, 4) is 0 Å². The van der Waals surface area contributed by atoms with Crippen molar-refractivity contribution in [1.82, 2.24) is 10.3 Å². The predicted molar refractivity (Wildman–Crippen MR) is 66.1 cm³/mol. The van der Waals surface area contributed by atoms with Crippen LogP contribution >= 0.6 is 0 Å². The number of hydrogen-bond donors (Lipinski definition) is 1. The Kier molecular flexibility index (Phi) is 4.49. The van der Waals surface area contributed by atoms with Crippen molar-refractivity contribution in [3.05, 3.63) is 40.2 Å². The quantitative estimate of drug-likeness (QED) is 0.393. The molecule has 0 saturated carbocycles. The van der Waals surface area contributed by atoms with Gasteiger partial charge in [0.05, 0.1) is 5.71 Å². The van der Waals surface area contributed by atoms with E-state index in [4.69, 9.17) is 0 Å². The molecule has 5 nitrogen and oxygen atoms in total. The molecule has 0 aliphatic rings. The van der Waals surface area contributed by atoms with Crippen LogP contribution in [0.15, 0.2) is 9.73 Å². The third-order valence-corrected chi connectivity index (χ3v) is 2.88. The number of rotatable bonds is 3. The van der Waals surface area contributed by atoms with Crippen molar-refractivity contribution in [2.24, 2.45) is 5.10 Å². The number of nitrogens with zero attached hydrogens (tertiary/aromatic N) is 3. The van der Waals surface area contributed by atoms with Gasteiger partial charge in [0, 0.05) is 0 Å². The van der Waals surface area contributed by atoms with Gasteiger partial charge in [0.15, 0.2) is 29.0 Å². The van der Waals surface area contributed by atoms with Gasteiger partial charge in [-0.25, -0.2) is 22.2 Å². The standard InChI is InChI=1S/C12H7F7N4O/c1-3(10-4(2)22-24-23-10)20-21-11-8(15)6(13)5(12(17,18)19)7(14)9(11)16/h21H,1-2H3/b20-3-. The number of hydrazone groups is 1. The Balaban J connectivity index is 2.48. The minimum atomic E-state index is -5.61. The molecule has 0 radical (unpaired) electrons. The highest BCUT2D eigenvalue weighted by Crippen LogP contribution is 2.38. The molecule has 12 heteroatoms. The zero-order valence-electron chi connectivity index (χ0n) is 11.9. The highest BCUT2D eigenvalue weighted by atomic mass is 19.4. The van der Waals surface area contributed by atoms with Crippen LogP contribution in [0.3, 0.4) is 0 Å². The van der Waals surface area contributed by atoms with Gasteiger partial charge in [0.2, 0.25) is 0 Å². The van der Waals surface area contributed by atoms with Crippen LogP contribution in [0.1, 0.15) is 23.9 Å². The molecule has 0 bridgehead atoms. The second-order valence-electron chi connectivity index (χ2n) is 4.51. The molecule has 1 heterocycles. The summed E-state index contributed by atoms with van der Waals surface area (Å²) in [5.41, 5.74) is -2.28. The lowest BCUT2D eigenvalue weighted by Gasteiger charge is -2.13. The first-order chi connectivity index (χ1) is 11.1. The third-order valence-electron chi connectivity index (χ3n) is 2.88. The first kappa shape index (κ1) is 17.7. The molecular formula is C12H7F7N4O. The Morgan fingerprint density at radius 3 is 1.96 bits per heavy atom. The minimum absolute atomic E-state index is 0.0479. The van der Waals surface area contributed by atoms with Crippen LogP contribution < -0.4 is 5.43 Å². The van der Waals surface area contributed by atoms with Crippen molar-refractivity contribution in [1.29, 1.82) is 0 Å². The van der Waals surface area contributed by atoms with E-state index < -0.39 is 40.7 Å². The lowest BCUT2D eigenvalue weighted by Crippen LogP contribution is -2.17. The number of alkyl halides is 3. The fraction of sp³-hybridized carbons (Fsp3) is 0.250. The van der Waals surface area contributed by atoms with E-state index in [-0.39, 0.29) is 17.1 Å². The molecule has 0 saturated heterocycles. The molecule has 1 N–H and O–H groups in total. The van der Waals surface area contributed by atoms with Crippen molar-refractivity contribution in [3.63, 3.8) is 0 Å². The lowest BCUT2D eigenvalue weighted by atomic mass is 10.1. The Morgan fingerprint density at radius 2 is 1.54 bits per heavy atom. The van der Waals surface area contributed by atoms with Gasteiger partial charge in [-0.05, 0) is 19.0 Å². The van der Waals surface area contributed by atoms with Crippen LogP contribution in [0.4, 0.5) is 36.4 Å². The Morgan fingerprint density at radius 1 is 1.00 bits per heavy atom. The van der Waals surface area contributed by atoms with Crippen LogP contribution in [0, 0.1) is 30.2 Å². The molecular weight excluding hydrogens is 349 g/mol. The maximum absolute atomic E-state index is 13.6. The fourth-order valence-corrected chi connectivity index (χ4v) is 1.73. The molecule has 1 aromatic carbocycles. The second kappa shape index (κ2) is 6.09. The lowest BCUT2D eigenvalue weighted by molar-refractivity contribution is -0.143. The third kappa shape index (κ3) is 3.03. The van der Waals surface area contributed by atoms with E-state index in [1.165, 1.54) is 13.8 Å². The van der Waals surface area contributed by atoms with E-state index in [9.17, 15) is 30.7 Å². The van der Waals surface area contributed by atoms with E-state index >= 15 is 0 Å². The minimum Gasteiger partial charge on any atom is -0.272 e. The molecule has 0 spiro atoms. The summed E-state index contributed by atoms with van der Waals surface area (Å²) in [5.74, 6) is -9.72. The Bertz CT molecular complexity index is 783. The molecule has 0 unspecified atom stereocenters. The van der Waals surface area contributed by atoms with E-state index in [1.54, 1.807) is 5.43 Å². The van der Waals surface area contributed by atoms with E-state index in [2.05, 4.69) is 20.0 Å². The average Bonchev–Trinajstić information content (AvgIpc) is 2.90. The van der Waals surface area contributed by atoms with Gasteiger partial charge in [0.1, 0.15) is 16.9 Å². The first-order valence-corrected chi connectivity index (χ1v) is 6.08. The number of halogens is 7. The molecule has 0 amide bonds. The highest BCUT2D eigenvalue weighted by molar-refractivity contribution is 5.98. The summed E-state index contributed by atoms with van der Waals surface area (Å²) in [6, 6.07) is 0. The molecule has 0 atom stereocenters. The summed E-state index contributed by atoms with van der Waals surface area (Å²) in [5, 5.41) is 10.2. The zero-order chi connectivity index (χ0) is 18.2. The first-order valence-electron chi connectivity index (χ1n) is 6.08. The summed E-state index contributed by atoms with van der Waals surface area (Å²) >= 11 is 0. The number of benzene rings is 1. The van der Waals surface area contributed by atoms with Crippen LogP contribution in [-0.2, 0) is 6.18 Å². The predicted octanol–water partition coefficient (Wildman–Crippen LogP) is 3.79. The average molecular weight is 356 g/mol. The van der Waals surface area contributed by atoms with Crippen molar-refractivity contribution in [2.75, 3.05) is 5.43 Å². The number of aromatic nitrogens is 2. The summed E-state index contributed by atoms with van der Waals surface area (Å²) in [6.07, 6.45) is -5.61. The Labute approximate surface area is 129 Å². The summed E-state index contributed by atoms with van der Waals surface area (Å²) in [4.78, 5) is 0. The monoisotopic (exact) mass is 356 g/mol. The van der Waals surface area contributed by atoms with Crippen LogP contribution in [0.25, 0.3) is 0 Å². The van der Waals surface area contributed by atoms with Crippen LogP contribution in [-0.4, -0.2) is 16.0 Å². The van der Waals surface area contributed by atoms with Gasteiger partial charge in [-0.3, -0.25) is 5.43 Å². The summed E-state index contributed by atoms with van der Waals surface area (Å²) in [6.45, 7) is 2.75. The zero-order valence-corrected chi connectivity index (χ0v) is 11.9. The van der Waals surface area contributed by atoms with Gasteiger partial charge < -0.3 is 0 Å². The number of hydrogen-bond acceptors (Lipinski definition) is 5. The fourth-order valence-electron chi connectivity index (χ4n) is 1.73. The number of nitrogens with one attached hydrogen (secondary N) is 1. The second-order valence-corrected chi connectivity index (χ2v) is 4.51. The van der Waals surface area contributed by atoms with Crippen LogP contribution in [0.5, 0.6) is 0 Å².